The average molecular weight is 215 g/mol. The van der Waals surface area contributed by atoms with E-state index in [1.807, 2.05) is 0 Å². The largest absolute Gasteiger partial charge is 0.369 e. The summed E-state index contributed by atoms with van der Waals surface area (Å²) in [4.78, 5) is 13.2. The van der Waals surface area contributed by atoms with Crippen LogP contribution in [0.1, 0.15) is 0 Å². The summed E-state index contributed by atoms with van der Waals surface area (Å²) in [5.41, 5.74) is 0.771. The van der Waals surface area contributed by atoms with E-state index in [1.54, 1.807) is 6.20 Å². The maximum atomic E-state index is 11.2. The zero-order valence-electron chi connectivity index (χ0n) is 7.61. The molecule has 0 bridgehead atoms. The Hall–Kier alpha value is -0.940. The molecule has 2 rings (SSSR count). The number of nitrogens with zero attached hydrogens (tertiary/aromatic N) is 3. The number of azo groups is 1. The van der Waals surface area contributed by atoms with Crippen LogP contribution in [0.3, 0.4) is 0 Å². The van der Waals surface area contributed by atoms with Crippen molar-refractivity contribution >= 4 is 17.5 Å². The van der Waals surface area contributed by atoms with Crippen molar-refractivity contribution in [1.29, 1.82) is 0 Å². The summed E-state index contributed by atoms with van der Waals surface area (Å²) in [5, 5.41) is 9.59. The topological polar surface area (TPSA) is 57.1 Å². The second kappa shape index (κ2) is 4.06. The van der Waals surface area contributed by atoms with E-state index < -0.39 is 5.38 Å². The normalized spacial score (nSPS) is 27.8. The van der Waals surface area contributed by atoms with Crippen molar-refractivity contribution < 1.29 is 4.79 Å². The van der Waals surface area contributed by atoms with Crippen molar-refractivity contribution in [3.63, 3.8) is 0 Å². The number of amides is 1. The molecule has 0 aromatic carbocycles. The van der Waals surface area contributed by atoms with E-state index in [2.05, 4.69) is 20.4 Å². The Balaban J connectivity index is 2.12. The fourth-order valence-corrected chi connectivity index (χ4v) is 1.79. The van der Waals surface area contributed by atoms with Crippen LogP contribution in [0.15, 0.2) is 22.1 Å². The highest BCUT2D eigenvalue weighted by atomic mass is 35.5. The van der Waals surface area contributed by atoms with Crippen LogP contribution in [0.4, 0.5) is 0 Å². The Morgan fingerprint density at radius 2 is 2.21 bits per heavy atom. The monoisotopic (exact) mass is 214 g/mol. The Labute approximate surface area is 86.8 Å². The molecule has 0 saturated carbocycles. The third kappa shape index (κ3) is 1.78. The molecule has 14 heavy (non-hydrogen) atoms. The predicted molar refractivity (Wildman–Crippen MR) is 52.0 cm³/mol. The first-order valence-electron chi connectivity index (χ1n) is 4.53. The zero-order chi connectivity index (χ0) is 9.97. The molecule has 1 amide bonds. The summed E-state index contributed by atoms with van der Waals surface area (Å²) in [6.07, 6.45) is 1.57. The third-order valence-electron chi connectivity index (χ3n) is 2.30. The number of rotatable bonds is 1. The summed E-state index contributed by atoms with van der Waals surface area (Å²) in [7, 11) is 0. The van der Waals surface area contributed by atoms with Gasteiger partial charge in [0, 0.05) is 26.2 Å². The Bertz CT molecular complexity index is 296. The van der Waals surface area contributed by atoms with Gasteiger partial charge in [0.1, 0.15) is 0 Å². The summed E-state index contributed by atoms with van der Waals surface area (Å²) >= 11 is 5.93. The number of halogens is 1. The van der Waals surface area contributed by atoms with Crippen LogP contribution in [0, 0.1) is 0 Å². The molecular weight excluding hydrogens is 204 g/mol. The van der Waals surface area contributed by atoms with Crippen LogP contribution in [-0.4, -0.2) is 42.4 Å². The molecule has 0 aromatic rings. The second-order valence-electron chi connectivity index (χ2n) is 3.21. The second-order valence-corrected chi connectivity index (χ2v) is 3.64. The van der Waals surface area contributed by atoms with Crippen LogP contribution < -0.4 is 5.32 Å². The summed E-state index contributed by atoms with van der Waals surface area (Å²) in [6.45, 7) is 3.54. The fourth-order valence-electron chi connectivity index (χ4n) is 1.55. The smallest absolute Gasteiger partial charge is 0.288 e. The first-order chi connectivity index (χ1) is 6.79. The van der Waals surface area contributed by atoms with Gasteiger partial charge in [-0.3, -0.25) is 4.79 Å². The maximum absolute atomic E-state index is 11.2. The molecule has 0 aliphatic carbocycles. The minimum atomic E-state index is -0.661. The first kappa shape index (κ1) is 9.61. The highest BCUT2D eigenvalue weighted by Crippen LogP contribution is 2.20. The number of hydrogen-bond acceptors (Lipinski definition) is 4. The van der Waals surface area contributed by atoms with E-state index in [0.29, 0.717) is 0 Å². The number of carbonyl (C=O) groups is 1. The highest BCUT2D eigenvalue weighted by Gasteiger charge is 2.27. The lowest BCUT2D eigenvalue weighted by Gasteiger charge is -2.32. The number of carbonyl (C=O) groups excluding carboxylic acids is 1. The molecule has 2 heterocycles. The number of nitrogens with one attached hydrogen (secondary N) is 1. The summed E-state index contributed by atoms with van der Waals surface area (Å²) in [5.74, 6) is -0.373. The zero-order valence-corrected chi connectivity index (χ0v) is 8.37. The Kier molecular flexibility index (Phi) is 2.79. The molecule has 5 nitrogen and oxygen atoms in total. The van der Waals surface area contributed by atoms with Crippen molar-refractivity contribution in [2.75, 3.05) is 26.2 Å². The van der Waals surface area contributed by atoms with E-state index in [4.69, 9.17) is 11.6 Å². The van der Waals surface area contributed by atoms with Crippen LogP contribution in [0.5, 0.6) is 0 Å². The minimum absolute atomic E-state index is 0.373. The molecule has 1 N–H and O–H groups in total. The first-order valence-corrected chi connectivity index (χ1v) is 4.97. The maximum Gasteiger partial charge on any atom is 0.288 e. The van der Waals surface area contributed by atoms with E-state index in [9.17, 15) is 4.79 Å². The van der Waals surface area contributed by atoms with E-state index in [1.165, 1.54) is 0 Å². The lowest BCUT2D eigenvalue weighted by molar-refractivity contribution is -0.117. The lowest BCUT2D eigenvalue weighted by atomic mass is 10.2. The van der Waals surface area contributed by atoms with Gasteiger partial charge in [-0.05, 0) is 0 Å². The SMILES string of the molecule is O=C1N=NC=C(N2CCNCC2)C1Cl. The molecule has 1 saturated heterocycles. The van der Waals surface area contributed by atoms with E-state index in [-0.39, 0.29) is 5.91 Å². The molecule has 0 radical (unpaired) electrons. The van der Waals surface area contributed by atoms with Crippen molar-refractivity contribution in [2.24, 2.45) is 10.2 Å². The van der Waals surface area contributed by atoms with Crippen molar-refractivity contribution in [1.82, 2.24) is 10.2 Å². The molecule has 2 aliphatic heterocycles. The minimum Gasteiger partial charge on any atom is -0.369 e. The molecule has 0 spiro atoms. The Morgan fingerprint density at radius 1 is 1.50 bits per heavy atom. The molecule has 0 aromatic heterocycles. The van der Waals surface area contributed by atoms with Gasteiger partial charge in [0.2, 0.25) is 0 Å². The Morgan fingerprint density at radius 3 is 2.93 bits per heavy atom. The average Bonchev–Trinajstić information content (AvgIpc) is 2.23. The van der Waals surface area contributed by atoms with Gasteiger partial charge in [0.25, 0.3) is 5.91 Å². The van der Waals surface area contributed by atoms with Gasteiger partial charge >= 0.3 is 0 Å². The van der Waals surface area contributed by atoms with E-state index in [0.717, 1.165) is 31.9 Å². The molecule has 2 aliphatic rings. The lowest BCUT2D eigenvalue weighted by Crippen LogP contribution is -2.45. The van der Waals surface area contributed by atoms with Crippen molar-refractivity contribution in [2.45, 2.75) is 5.38 Å². The predicted octanol–water partition coefficient (Wildman–Crippen LogP) is 0.333. The number of piperazine rings is 1. The van der Waals surface area contributed by atoms with Gasteiger partial charge in [-0.1, -0.05) is 0 Å². The van der Waals surface area contributed by atoms with Gasteiger partial charge in [0.15, 0.2) is 5.38 Å². The van der Waals surface area contributed by atoms with Crippen LogP contribution >= 0.6 is 11.6 Å². The van der Waals surface area contributed by atoms with Crippen molar-refractivity contribution in [3.8, 4) is 0 Å². The standard InChI is InChI=1S/C8H11ClN4O/c9-7-6(5-11-12-8(7)14)13-3-1-10-2-4-13/h5,7,10H,1-4H2. The third-order valence-corrected chi connectivity index (χ3v) is 2.72. The molecule has 1 atom stereocenters. The van der Waals surface area contributed by atoms with Gasteiger partial charge < -0.3 is 10.2 Å². The number of hydrogen-bond donors (Lipinski definition) is 1. The van der Waals surface area contributed by atoms with Gasteiger partial charge in [-0.25, -0.2) is 0 Å². The van der Waals surface area contributed by atoms with Crippen LogP contribution in [0.2, 0.25) is 0 Å². The van der Waals surface area contributed by atoms with Crippen LogP contribution in [0.25, 0.3) is 0 Å². The summed E-state index contributed by atoms with van der Waals surface area (Å²) in [6, 6.07) is 0. The summed E-state index contributed by atoms with van der Waals surface area (Å²) < 4.78 is 0. The molecule has 1 fully saturated rings. The molecule has 1 unspecified atom stereocenters. The number of alkyl halides is 1. The van der Waals surface area contributed by atoms with Gasteiger partial charge in [-0.15, -0.1) is 16.7 Å². The quantitative estimate of drug-likeness (QED) is 0.641. The molecule has 6 heteroatoms. The highest BCUT2D eigenvalue weighted by molar-refractivity contribution is 6.33. The molecular formula is C8H11ClN4O. The van der Waals surface area contributed by atoms with Crippen molar-refractivity contribution in [3.05, 3.63) is 11.9 Å². The van der Waals surface area contributed by atoms with Gasteiger partial charge in [-0.2, -0.15) is 5.11 Å². The molecule has 76 valence electrons. The van der Waals surface area contributed by atoms with E-state index >= 15 is 0 Å². The fraction of sp³-hybridized carbons (Fsp3) is 0.625. The van der Waals surface area contributed by atoms with Gasteiger partial charge in [0.05, 0.1) is 11.9 Å². The van der Waals surface area contributed by atoms with Crippen LogP contribution in [-0.2, 0) is 4.79 Å².